The van der Waals surface area contributed by atoms with Gasteiger partial charge in [0.25, 0.3) is 0 Å². The summed E-state index contributed by atoms with van der Waals surface area (Å²) in [6.45, 7) is 25.9. The molecule has 0 aromatic heterocycles. The number of halogens is 6. The fourth-order valence-corrected chi connectivity index (χ4v) is 7.06. The van der Waals surface area contributed by atoms with E-state index in [-0.39, 0.29) is 50.5 Å². The molecular weight excluding hydrogens is 948 g/mol. The van der Waals surface area contributed by atoms with Crippen molar-refractivity contribution in [3.05, 3.63) is 130 Å². The molecule has 0 saturated heterocycles. The molecule has 0 fully saturated rings. The van der Waals surface area contributed by atoms with Crippen LogP contribution in [0.5, 0.6) is 11.5 Å². The number of aliphatic imine (C=N–C) groups is 2. The third-order valence-corrected chi connectivity index (χ3v) is 10.4. The van der Waals surface area contributed by atoms with Crippen molar-refractivity contribution >= 4 is 64.8 Å². The van der Waals surface area contributed by atoms with E-state index >= 15 is 0 Å². The van der Waals surface area contributed by atoms with Gasteiger partial charge < -0.3 is 10.2 Å². The van der Waals surface area contributed by atoms with Crippen LogP contribution >= 0.6 is 0 Å². The Balaban J connectivity index is 0.000000973. The summed E-state index contributed by atoms with van der Waals surface area (Å²) >= 11 is -11.2. The minimum absolute atomic E-state index is 0. The Labute approximate surface area is 374 Å². The summed E-state index contributed by atoms with van der Waals surface area (Å²) in [5.74, 6) is 0.507. The molecule has 2 N–H and O–H groups in total. The number of nitrogens with zero attached hydrogens (tertiary/aromatic N) is 2. The van der Waals surface area contributed by atoms with Crippen LogP contribution in [0.3, 0.4) is 0 Å². The molecule has 4 nitrogen and oxygen atoms in total. The molecule has 0 aliphatic rings. The third kappa shape index (κ3) is 12.9. The maximum atomic E-state index is 11.6. The summed E-state index contributed by atoms with van der Waals surface area (Å²) in [7, 11) is 0. The molecule has 0 amide bonds. The molecule has 0 aliphatic carbocycles. The molecule has 0 atom stereocenters. The third-order valence-electron chi connectivity index (χ3n) is 10.4. The normalized spacial score (nSPS) is 14.1. The summed E-state index contributed by atoms with van der Waals surface area (Å²) in [4.78, 5) is 10.4. The summed E-state index contributed by atoms with van der Waals surface area (Å²) in [5.41, 5.74) is 8.16. The van der Waals surface area contributed by atoms with Crippen molar-refractivity contribution < 1.29 is 44.5 Å². The predicted octanol–water partition coefficient (Wildman–Crippen LogP) is 15.9. The van der Waals surface area contributed by atoms with Crippen LogP contribution in [0.15, 0.2) is 107 Å². The molecule has 6 aromatic carbocycles. The van der Waals surface area contributed by atoms with E-state index in [2.05, 4.69) is 180 Å². The molecule has 0 bridgehead atoms. The van der Waals surface area contributed by atoms with E-state index < -0.39 is 19.5 Å². The van der Waals surface area contributed by atoms with Gasteiger partial charge in [0.05, 0.1) is 11.4 Å². The van der Waals surface area contributed by atoms with Crippen molar-refractivity contribution in [2.45, 2.75) is 105 Å². The zero-order valence-corrected chi connectivity index (χ0v) is 41.1. The van der Waals surface area contributed by atoms with E-state index in [1.807, 2.05) is 12.4 Å². The number of aromatic hydroxyl groups is 2. The Bertz CT molecular complexity index is 2520. The maximum absolute atomic E-state index is 11.6. The minimum atomic E-state index is -11.2. The van der Waals surface area contributed by atoms with Crippen molar-refractivity contribution in [3.8, 4) is 22.6 Å². The van der Waals surface area contributed by atoms with Crippen LogP contribution in [0.4, 0.5) is 28.3 Å². The zero-order valence-electron chi connectivity index (χ0n) is 37.3. The predicted molar refractivity (Wildman–Crippen MR) is 245 cm³/mol. The van der Waals surface area contributed by atoms with E-state index in [1.54, 1.807) is 0 Å². The van der Waals surface area contributed by atoms with Crippen LogP contribution in [0, 0.1) is 0 Å². The first-order valence-electron chi connectivity index (χ1n) is 20.0. The van der Waals surface area contributed by atoms with Gasteiger partial charge in [-0.3, -0.25) is 9.98 Å². The van der Waals surface area contributed by atoms with E-state index in [4.69, 9.17) is 9.98 Å². The fourth-order valence-electron chi connectivity index (χ4n) is 7.06. The number of benzene rings is 6. The Morgan fingerprint density at radius 1 is 0.452 bits per heavy atom. The van der Waals surface area contributed by atoms with Gasteiger partial charge in [-0.1, -0.05) is 156 Å². The van der Waals surface area contributed by atoms with Crippen molar-refractivity contribution in [1.29, 1.82) is 0 Å². The van der Waals surface area contributed by atoms with Gasteiger partial charge in [0.1, 0.15) is 11.5 Å². The summed E-state index contributed by atoms with van der Waals surface area (Å²) in [6.07, 6.45) is 3.62. The van der Waals surface area contributed by atoms with E-state index in [0.717, 1.165) is 66.3 Å². The first-order chi connectivity index (χ1) is 27.6. The summed E-state index contributed by atoms with van der Waals surface area (Å²) in [6, 6.07) is 33.5. The Hall–Kier alpha value is -4.29. The summed E-state index contributed by atoms with van der Waals surface area (Å²) in [5, 5.41) is 27.6. The zero-order chi connectivity index (χ0) is 45.8. The molecule has 332 valence electrons. The van der Waals surface area contributed by atoms with Crippen molar-refractivity contribution in [2.75, 3.05) is 0 Å². The molecule has 0 aliphatic heterocycles. The Morgan fingerprint density at radius 2 is 0.758 bits per heavy atom. The topological polar surface area (TPSA) is 65.2 Å². The second kappa shape index (κ2) is 16.7. The van der Waals surface area contributed by atoms with Crippen LogP contribution in [-0.4, -0.2) is 42.1 Å². The molecule has 62 heavy (non-hydrogen) atoms. The fraction of sp³-hybridized carbons (Fsp3) is 0.320. The molecule has 0 radical (unpaired) electrons. The van der Waals surface area contributed by atoms with Gasteiger partial charge in [0, 0.05) is 63.2 Å². The first-order valence-corrected chi connectivity index (χ1v) is 25.8. The Kier molecular flexibility index (Phi) is 13.6. The number of hydrogen-bond acceptors (Lipinski definition) is 4. The van der Waals surface area contributed by atoms with E-state index in [1.165, 1.54) is 0 Å². The van der Waals surface area contributed by atoms with Crippen molar-refractivity contribution in [3.63, 3.8) is 0 Å². The van der Waals surface area contributed by atoms with E-state index in [0.29, 0.717) is 11.1 Å². The molecule has 0 heterocycles. The van der Waals surface area contributed by atoms with Gasteiger partial charge >= 0.3 is 36.4 Å². The molecule has 6 rings (SSSR count). The number of fused-ring (bicyclic) bond motifs is 2. The quantitative estimate of drug-likeness (QED) is 0.103. The van der Waals surface area contributed by atoms with Gasteiger partial charge in [-0.2, -0.15) is 0 Å². The molecular formula is C50H56CrF6N2O2Sb-. The van der Waals surface area contributed by atoms with Crippen LogP contribution in [-0.2, 0) is 39.0 Å². The standard InChI is InChI=1S/C50H56N2O2.Cr.6FH.Sb/c1-47(2,3)35-25-33(45(53)39(27-35)49(7,8)9)29-51-41-23-21-31-17-13-15-19-37(31)43(41)44-38-20-16-14-18-32(38)22-24-42(44)52-30-34-26-36(48(4,5)6)28-40(46(34)54)50(10,11)12;;;;;;;;/h13-30,53-54H,1-12H3;;6*1H;/q;;;;;;;;+5/p-6. The summed E-state index contributed by atoms with van der Waals surface area (Å²) < 4.78 is 59.6. The van der Waals surface area contributed by atoms with Gasteiger partial charge in [0.15, 0.2) is 0 Å². The van der Waals surface area contributed by atoms with Gasteiger partial charge in [-0.25, -0.2) is 0 Å². The van der Waals surface area contributed by atoms with Crippen molar-refractivity contribution in [1.82, 2.24) is 0 Å². The van der Waals surface area contributed by atoms with Crippen LogP contribution in [0.2, 0.25) is 0 Å². The Morgan fingerprint density at radius 3 is 1.05 bits per heavy atom. The van der Waals surface area contributed by atoms with Crippen LogP contribution in [0.1, 0.15) is 116 Å². The number of hydrogen-bond donors (Lipinski definition) is 2. The average molecular weight is 1000 g/mol. The first kappa shape index (κ1) is 50.4. The van der Waals surface area contributed by atoms with Gasteiger partial charge in [-0.05, 0) is 78.6 Å². The molecule has 0 spiro atoms. The average Bonchev–Trinajstić information content (AvgIpc) is 3.10. The molecule has 0 saturated carbocycles. The monoisotopic (exact) mass is 1000 g/mol. The second-order valence-electron chi connectivity index (χ2n) is 19.8. The second-order valence-corrected chi connectivity index (χ2v) is 25.2. The van der Waals surface area contributed by atoms with E-state index in [9.17, 15) is 27.1 Å². The van der Waals surface area contributed by atoms with Gasteiger partial charge in [0.2, 0.25) is 0 Å². The van der Waals surface area contributed by atoms with Crippen LogP contribution < -0.4 is 0 Å². The molecule has 6 aromatic rings. The SMILES string of the molecule is CC(C)(C)c1cc(C=Nc2ccc3ccccc3c2-c2c(N=Cc3cc(C(C)(C)C)cc(C(C)(C)C)c3O)ccc3ccccc23)c(O)c(C(C)(C)C)c1.[Cr].[F][Sb-]([F])([F])([F])([F])[F]. The van der Waals surface area contributed by atoms with Crippen LogP contribution in [0.25, 0.3) is 32.7 Å². The van der Waals surface area contributed by atoms with Gasteiger partial charge in [-0.15, -0.1) is 0 Å². The van der Waals surface area contributed by atoms with Crippen molar-refractivity contribution in [2.24, 2.45) is 9.98 Å². The number of rotatable bonds is 5. The number of phenolic OH excluding ortho intramolecular Hbond substituents is 2. The number of phenols is 2. The molecule has 0 unspecified atom stereocenters. The molecule has 12 heteroatoms.